The Bertz CT molecular complexity index is 592. The largest absolute Gasteiger partial charge is 0.301 e. The van der Waals surface area contributed by atoms with Crippen molar-refractivity contribution in [3.8, 4) is 0 Å². The molecular weight excluding hydrogens is 249 g/mol. The number of fused-ring (bicyclic) bond motifs is 1. The predicted molar refractivity (Wildman–Crippen MR) is 51.0 cm³/mol. The summed E-state index contributed by atoms with van der Waals surface area (Å²) in [7, 11) is 1.25. The average molecular weight is 252 g/mol. The molecule has 0 unspecified atom stereocenters. The second-order valence-electron chi connectivity index (χ2n) is 2.49. The quantitative estimate of drug-likeness (QED) is 0.718. The van der Waals surface area contributed by atoms with Gasteiger partial charge in [0.05, 0.1) is 12.5 Å². The number of hydrogen-bond acceptors (Lipinski definition) is 4. The molecule has 2 aromatic rings. The highest BCUT2D eigenvalue weighted by atomic mass is 35.7. The van der Waals surface area contributed by atoms with E-state index in [9.17, 15) is 8.42 Å². The summed E-state index contributed by atoms with van der Waals surface area (Å²) >= 11 is 5.71. The van der Waals surface area contributed by atoms with Crippen molar-refractivity contribution in [2.75, 3.05) is 0 Å². The molecule has 0 saturated carbocycles. The summed E-state index contributed by atoms with van der Waals surface area (Å²) < 4.78 is 23.4. The molecule has 2 rings (SSSR count). The van der Waals surface area contributed by atoms with Gasteiger partial charge in [-0.1, -0.05) is 11.6 Å². The zero-order valence-corrected chi connectivity index (χ0v) is 8.88. The van der Waals surface area contributed by atoms with Crippen LogP contribution in [0.25, 0.3) is 5.52 Å². The van der Waals surface area contributed by atoms with Crippen molar-refractivity contribution in [1.82, 2.24) is 14.4 Å². The summed E-state index contributed by atoms with van der Waals surface area (Å²) in [5.41, 5.74) is 0.524. The summed E-state index contributed by atoms with van der Waals surface area (Å²) in [6, 6.07) is 0. The third-order valence-electron chi connectivity index (χ3n) is 1.59. The van der Waals surface area contributed by atoms with Gasteiger partial charge in [-0.3, -0.25) is 0 Å². The van der Waals surface area contributed by atoms with Crippen molar-refractivity contribution in [3.05, 3.63) is 23.9 Å². The standard InChI is InChI=1S/C6H3Cl2N3O2S/c7-6-4-1-9-3-11(4)2-5(10-6)14(8,12)13/h1-3H. The normalized spacial score (nSPS) is 12.1. The minimum atomic E-state index is -3.87. The molecule has 0 bridgehead atoms. The second-order valence-corrected chi connectivity index (χ2v) is 5.36. The molecule has 0 aromatic carbocycles. The lowest BCUT2D eigenvalue weighted by atomic mass is 10.6. The van der Waals surface area contributed by atoms with Gasteiger partial charge in [-0.25, -0.2) is 18.4 Å². The van der Waals surface area contributed by atoms with Gasteiger partial charge in [-0.2, -0.15) is 0 Å². The summed E-state index contributed by atoms with van der Waals surface area (Å²) in [5.74, 6) is 0. The zero-order chi connectivity index (χ0) is 10.3. The van der Waals surface area contributed by atoms with E-state index in [1.54, 1.807) is 0 Å². The molecule has 0 amide bonds. The zero-order valence-electron chi connectivity index (χ0n) is 6.55. The third-order valence-corrected chi connectivity index (χ3v) is 3.03. The van der Waals surface area contributed by atoms with Crippen molar-refractivity contribution >= 4 is 36.9 Å². The minimum absolute atomic E-state index is 0.0456. The van der Waals surface area contributed by atoms with Crippen molar-refractivity contribution < 1.29 is 8.42 Å². The molecule has 2 heterocycles. The smallest absolute Gasteiger partial charge is 0.280 e. The number of imidazole rings is 1. The van der Waals surface area contributed by atoms with Crippen LogP contribution in [0.15, 0.2) is 23.7 Å². The van der Waals surface area contributed by atoms with Crippen LogP contribution in [0.1, 0.15) is 0 Å². The van der Waals surface area contributed by atoms with E-state index in [4.69, 9.17) is 22.3 Å². The number of halogens is 2. The molecule has 8 heteroatoms. The van der Waals surface area contributed by atoms with Gasteiger partial charge in [0, 0.05) is 16.9 Å². The Balaban J connectivity index is 2.83. The SMILES string of the molecule is O=S(=O)(Cl)c1cn2cncc2c(Cl)n1. The first-order valence-corrected chi connectivity index (χ1v) is 6.10. The fraction of sp³-hybridized carbons (Fsp3) is 0. The highest BCUT2D eigenvalue weighted by Gasteiger charge is 2.15. The maximum absolute atomic E-state index is 11.0. The van der Waals surface area contributed by atoms with Crippen molar-refractivity contribution in [2.24, 2.45) is 0 Å². The summed E-state index contributed by atoms with van der Waals surface area (Å²) in [6.07, 6.45) is 4.13. The van der Waals surface area contributed by atoms with Crippen LogP contribution in [-0.4, -0.2) is 22.8 Å². The monoisotopic (exact) mass is 251 g/mol. The first-order chi connectivity index (χ1) is 6.48. The van der Waals surface area contributed by atoms with E-state index in [1.807, 2.05) is 0 Å². The van der Waals surface area contributed by atoms with Crippen LogP contribution in [0.5, 0.6) is 0 Å². The predicted octanol–water partition coefficient (Wildman–Crippen LogP) is 1.31. The lowest BCUT2D eigenvalue weighted by molar-refractivity contribution is 0.605. The fourth-order valence-electron chi connectivity index (χ4n) is 0.987. The lowest BCUT2D eigenvalue weighted by Gasteiger charge is -1.99. The van der Waals surface area contributed by atoms with Crippen molar-refractivity contribution in [3.63, 3.8) is 0 Å². The van der Waals surface area contributed by atoms with Crippen LogP contribution in [0.2, 0.25) is 5.15 Å². The maximum atomic E-state index is 11.0. The second kappa shape index (κ2) is 3.08. The lowest BCUT2D eigenvalue weighted by Crippen LogP contribution is -1.98. The van der Waals surface area contributed by atoms with Crippen LogP contribution in [0, 0.1) is 0 Å². The summed E-state index contributed by atoms with van der Waals surface area (Å²) in [4.78, 5) is 7.42. The molecule has 0 spiro atoms. The van der Waals surface area contributed by atoms with Crippen molar-refractivity contribution in [1.29, 1.82) is 0 Å². The molecule has 0 aliphatic heterocycles. The summed E-state index contributed by atoms with van der Waals surface area (Å²) in [5, 5.41) is -0.251. The number of nitrogens with zero attached hydrogens (tertiary/aromatic N) is 3. The first kappa shape index (κ1) is 9.70. The van der Waals surface area contributed by atoms with E-state index in [2.05, 4.69) is 9.97 Å². The Hall–Kier alpha value is -0.850. The molecule has 74 valence electrons. The molecule has 5 nitrogen and oxygen atoms in total. The van der Waals surface area contributed by atoms with E-state index >= 15 is 0 Å². The van der Waals surface area contributed by atoms with Crippen LogP contribution in [0.3, 0.4) is 0 Å². The van der Waals surface area contributed by atoms with Crippen LogP contribution < -0.4 is 0 Å². The Morgan fingerprint density at radius 2 is 2.14 bits per heavy atom. The van der Waals surface area contributed by atoms with Gasteiger partial charge in [0.1, 0.15) is 5.52 Å². The molecular formula is C6H3Cl2N3O2S. The van der Waals surface area contributed by atoms with Crippen LogP contribution in [0.4, 0.5) is 0 Å². The van der Waals surface area contributed by atoms with Gasteiger partial charge in [0.2, 0.25) is 0 Å². The van der Waals surface area contributed by atoms with Crippen molar-refractivity contribution in [2.45, 2.75) is 5.03 Å². The molecule has 0 aliphatic rings. The highest BCUT2D eigenvalue weighted by molar-refractivity contribution is 8.13. The molecule has 2 aromatic heterocycles. The van der Waals surface area contributed by atoms with Gasteiger partial charge in [0.15, 0.2) is 10.2 Å². The van der Waals surface area contributed by atoms with Gasteiger partial charge < -0.3 is 4.40 Å². The Kier molecular flexibility index (Phi) is 2.13. The first-order valence-electron chi connectivity index (χ1n) is 3.41. The Morgan fingerprint density at radius 1 is 1.43 bits per heavy atom. The number of rotatable bonds is 1. The molecule has 14 heavy (non-hydrogen) atoms. The van der Waals surface area contributed by atoms with E-state index in [0.29, 0.717) is 5.52 Å². The molecule has 0 aliphatic carbocycles. The van der Waals surface area contributed by atoms with Crippen LogP contribution >= 0.6 is 22.3 Å². The van der Waals surface area contributed by atoms with Gasteiger partial charge in [-0.15, -0.1) is 0 Å². The molecule has 0 atom stereocenters. The molecule has 0 fully saturated rings. The summed E-state index contributed by atoms with van der Waals surface area (Å²) in [6.45, 7) is 0. The Morgan fingerprint density at radius 3 is 2.79 bits per heavy atom. The number of hydrogen-bond donors (Lipinski definition) is 0. The fourth-order valence-corrected chi connectivity index (χ4v) is 1.94. The third kappa shape index (κ3) is 1.56. The van der Waals surface area contributed by atoms with E-state index < -0.39 is 9.05 Å². The maximum Gasteiger partial charge on any atom is 0.280 e. The number of aromatic nitrogens is 3. The topological polar surface area (TPSA) is 64.3 Å². The van der Waals surface area contributed by atoms with E-state index in [1.165, 1.54) is 23.1 Å². The average Bonchev–Trinajstić information content (AvgIpc) is 2.50. The van der Waals surface area contributed by atoms with Gasteiger partial charge in [0.25, 0.3) is 9.05 Å². The van der Waals surface area contributed by atoms with Gasteiger partial charge >= 0.3 is 0 Å². The van der Waals surface area contributed by atoms with E-state index in [0.717, 1.165) is 0 Å². The molecule has 0 radical (unpaired) electrons. The van der Waals surface area contributed by atoms with Gasteiger partial charge in [-0.05, 0) is 0 Å². The molecule has 0 N–H and O–H groups in total. The Labute approximate surface area is 88.7 Å². The van der Waals surface area contributed by atoms with Crippen LogP contribution in [-0.2, 0) is 9.05 Å². The molecule has 0 saturated heterocycles. The van der Waals surface area contributed by atoms with E-state index in [-0.39, 0.29) is 10.2 Å². The minimum Gasteiger partial charge on any atom is -0.301 e. The highest BCUT2D eigenvalue weighted by Crippen LogP contribution is 2.19.